The van der Waals surface area contributed by atoms with Crippen LogP contribution in [0.2, 0.25) is 0 Å². The van der Waals surface area contributed by atoms with Crippen LogP contribution in [-0.4, -0.2) is 58.0 Å². The molecule has 3 rings (SSSR count). The maximum Gasteiger partial charge on any atom is 0.490 e. The van der Waals surface area contributed by atoms with Crippen molar-refractivity contribution in [2.75, 3.05) is 12.3 Å². The van der Waals surface area contributed by atoms with Crippen LogP contribution in [0.5, 0.6) is 0 Å². The number of nitrogen functional groups attached to an aromatic ring is 1. The van der Waals surface area contributed by atoms with Crippen molar-refractivity contribution in [2.24, 2.45) is 5.41 Å². The summed E-state index contributed by atoms with van der Waals surface area (Å²) < 4.78 is 58.6. The van der Waals surface area contributed by atoms with E-state index in [1.807, 2.05) is 20.8 Å². The van der Waals surface area contributed by atoms with E-state index in [4.69, 9.17) is 25.0 Å². The average Bonchev–Trinajstić information content (AvgIpc) is 3.21. The zero-order valence-electron chi connectivity index (χ0n) is 23.3. The number of nitro groups is 1. The van der Waals surface area contributed by atoms with Gasteiger partial charge in [-0.2, -0.15) is 13.6 Å². The number of nitrogens with two attached hydrogens (primary N) is 1. The van der Waals surface area contributed by atoms with Gasteiger partial charge in [-0.15, -0.1) is 0 Å². The van der Waals surface area contributed by atoms with Gasteiger partial charge in [0.15, 0.2) is 0 Å². The molecule has 6 atom stereocenters. The molecule has 0 aliphatic carbocycles. The normalized spacial score (nSPS) is 22.7. The van der Waals surface area contributed by atoms with Gasteiger partial charge in [-0.25, -0.2) is 18.5 Å². The first kappa shape index (κ1) is 36.1. The second-order valence-electron chi connectivity index (χ2n) is 10.5. The van der Waals surface area contributed by atoms with Crippen molar-refractivity contribution in [3.8, 4) is 0 Å². The number of ether oxygens (including phenoxy) is 2. The van der Waals surface area contributed by atoms with Crippen LogP contribution in [0.15, 0.2) is 35.3 Å². The van der Waals surface area contributed by atoms with Crippen molar-refractivity contribution < 1.29 is 65.9 Å². The molecular formula is C21H31N4O16P3. The number of nitrogens with zero attached hydrogens (tertiary/aromatic N) is 3. The van der Waals surface area contributed by atoms with Crippen LogP contribution in [0.3, 0.4) is 0 Å². The predicted octanol–water partition coefficient (Wildman–Crippen LogP) is 2.03. The van der Waals surface area contributed by atoms with Gasteiger partial charge in [0.05, 0.1) is 35.9 Å². The van der Waals surface area contributed by atoms with Gasteiger partial charge in [-0.3, -0.25) is 19.2 Å². The molecular weight excluding hydrogens is 657 g/mol. The number of anilines is 1. The smallest absolute Gasteiger partial charge is 0.390 e. The lowest BCUT2D eigenvalue weighted by molar-refractivity contribution is -0.386. The SMILES string of the molecule is CC(C)(C)[C@@H](OCc1cn([C@H]2C[C@H](O)[C@@H](COP(=O)(O)OP(=O)(O)OP(=O)(O)O)O2)c(=O)nc1N)c1ccccc1[N+](=O)[O-]. The zero-order chi connectivity index (χ0) is 33.3. The molecule has 246 valence electrons. The summed E-state index contributed by atoms with van der Waals surface area (Å²) in [6.07, 6.45) is -3.86. The molecule has 0 amide bonds. The molecule has 44 heavy (non-hydrogen) atoms. The Hall–Kier alpha value is -2.41. The fourth-order valence-electron chi connectivity index (χ4n) is 4.20. The van der Waals surface area contributed by atoms with E-state index < -0.39 is 70.6 Å². The molecule has 1 saturated heterocycles. The number of phosphoric acid groups is 3. The van der Waals surface area contributed by atoms with Gasteiger partial charge in [0.1, 0.15) is 18.1 Å². The van der Waals surface area contributed by atoms with E-state index in [0.29, 0.717) is 5.56 Å². The maximum absolute atomic E-state index is 12.6. The summed E-state index contributed by atoms with van der Waals surface area (Å²) in [6.45, 7) is 4.24. The van der Waals surface area contributed by atoms with Gasteiger partial charge in [0.2, 0.25) is 0 Å². The highest BCUT2D eigenvalue weighted by molar-refractivity contribution is 7.66. The van der Waals surface area contributed by atoms with Crippen molar-refractivity contribution in [3.05, 3.63) is 62.2 Å². The number of hydrogen-bond donors (Lipinski definition) is 6. The van der Waals surface area contributed by atoms with E-state index in [1.54, 1.807) is 12.1 Å². The van der Waals surface area contributed by atoms with Crippen LogP contribution in [0.4, 0.5) is 11.5 Å². The van der Waals surface area contributed by atoms with Crippen LogP contribution in [0, 0.1) is 15.5 Å². The van der Waals surface area contributed by atoms with Crippen LogP contribution < -0.4 is 11.4 Å². The number of rotatable bonds is 13. The number of aliphatic hydroxyl groups excluding tert-OH is 1. The summed E-state index contributed by atoms with van der Waals surface area (Å²) >= 11 is 0. The summed E-state index contributed by atoms with van der Waals surface area (Å²) in [7, 11) is -16.8. The van der Waals surface area contributed by atoms with Crippen LogP contribution in [0.25, 0.3) is 0 Å². The van der Waals surface area contributed by atoms with Crippen LogP contribution >= 0.6 is 23.5 Å². The molecule has 1 aliphatic heterocycles. The van der Waals surface area contributed by atoms with Gasteiger partial charge in [0, 0.05) is 24.2 Å². The second-order valence-corrected chi connectivity index (χ2v) is 15.0. The summed E-state index contributed by atoms with van der Waals surface area (Å²) in [5, 5.41) is 22.0. The first-order valence-corrected chi connectivity index (χ1v) is 16.9. The summed E-state index contributed by atoms with van der Waals surface area (Å²) in [4.78, 5) is 63.6. The number of hydrogen-bond acceptors (Lipinski definition) is 14. The van der Waals surface area contributed by atoms with E-state index in [1.165, 1.54) is 18.3 Å². The van der Waals surface area contributed by atoms with Gasteiger partial charge in [-0.1, -0.05) is 32.9 Å². The molecule has 7 N–H and O–H groups in total. The summed E-state index contributed by atoms with van der Waals surface area (Å²) in [5.74, 6) is -0.204. The number of phosphoric ester groups is 1. The fraction of sp³-hybridized carbons (Fsp3) is 0.524. The largest absolute Gasteiger partial charge is 0.490 e. The molecule has 1 fully saturated rings. The monoisotopic (exact) mass is 688 g/mol. The van der Waals surface area contributed by atoms with E-state index in [0.717, 1.165) is 4.57 Å². The third-order valence-electron chi connectivity index (χ3n) is 6.00. The third kappa shape index (κ3) is 9.79. The Bertz CT molecular complexity index is 1570. The quantitative estimate of drug-likeness (QED) is 0.0996. The molecule has 2 aromatic rings. The van der Waals surface area contributed by atoms with Crippen molar-refractivity contribution >= 4 is 35.0 Å². The second kappa shape index (κ2) is 13.5. The van der Waals surface area contributed by atoms with Crippen molar-refractivity contribution in [1.82, 2.24) is 9.55 Å². The number of aliphatic hydroxyl groups is 1. The van der Waals surface area contributed by atoms with E-state index in [2.05, 4.69) is 18.1 Å². The molecule has 0 spiro atoms. The Morgan fingerprint density at radius 2 is 1.80 bits per heavy atom. The lowest BCUT2D eigenvalue weighted by Crippen LogP contribution is -2.30. The minimum atomic E-state index is -5.76. The Morgan fingerprint density at radius 1 is 1.16 bits per heavy atom. The maximum atomic E-state index is 12.6. The Morgan fingerprint density at radius 3 is 2.39 bits per heavy atom. The van der Waals surface area contributed by atoms with Crippen LogP contribution in [-0.2, 0) is 42.9 Å². The van der Waals surface area contributed by atoms with Crippen molar-refractivity contribution in [3.63, 3.8) is 0 Å². The van der Waals surface area contributed by atoms with E-state index in [-0.39, 0.29) is 30.1 Å². The third-order valence-corrected chi connectivity index (χ3v) is 9.80. The van der Waals surface area contributed by atoms with Gasteiger partial charge >= 0.3 is 29.2 Å². The number of nitro benzene ring substituents is 1. The van der Waals surface area contributed by atoms with Crippen molar-refractivity contribution in [1.29, 1.82) is 0 Å². The van der Waals surface area contributed by atoms with Crippen molar-refractivity contribution in [2.45, 2.75) is 58.3 Å². The Labute approximate surface area is 248 Å². The molecule has 1 aromatic heterocycles. The molecule has 0 saturated carbocycles. The number of aromatic nitrogens is 2. The highest BCUT2D eigenvalue weighted by Gasteiger charge is 2.43. The topological polar surface area (TPSA) is 303 Å². The summed E-state index contributed by atoms with van der Waals surface area (Å²) in [5.41, 5.74) is 4.76. The molecule has 1 aliphatic rings. The fourth-order valence-corrected chi connectivity index (χ4v) is 7.23. The van der Waals surface area contributed by atoms with Gasteiger partial charge in [-0.05, 0) is 11.5 Å². The lowest BCUT2D eigenvalue weighted by atomic mass is 9.84. The Balaban J connectivity index is 1.75. The average molecular weight is 688 g/mol. The van der Waals surface area contributed by atoms with E-state index >= 15 is 0 Å². The van der Waals surface area contributed by atoms with Gasteiger partial charge in [0.25, 0.3) is 5.69 Å². The first-order chi connectivity index (χ1) is 20.1. The predicted molar refractivity (Wildman–Crippen MR) is 147 cm³/mol. The lowest BCUT2D eigenvalue weighted by Gasteiger charge is -2.31. The molecule has 2 unspecified atom stereocenters. The molecule has 20 nitrogen and oxygen atoms in total. The Kier molecular flexibility index (Phi) is 11.1. The van der Waals surface area contributed by atoms with Crippen LogP contribution in [0.1, 0.15) is 50.7 Å². The first-order valence-electron chi connectivity index (χ1n) is 12.4. The molecule has 23 heteroatoms. The molecule has 2 heterocycles. The minimum absolute atomic E-state index is 0.154. The van der Waals surface area contributed by atoms with E-state index in [9.17, 15) is 43.5 Å². The summed E-state index contributed by atoms with van der Waals surface area (Å²) in [6, 6.07) is 6.05. The molecule has 0 bridgehead atoms. The minimum Gasteiger partial charge on any atom is -0.390 e. The van der Waals surface area contributed by atoms with Gasteiger partial charge < -0.3 is 39.9 Å². The zero-order valence-corrected chi connectivity index (χ0v) is 26.0. The standard InChI is InChI=1S/C21H31N4O16P3/c1-21(2,3)18(13-6-4-5-7-14(13)25(28)29)37-10-12-9-24(20(27)23-19(12)22)17-8-15(26)16(39-17)11-38-43(33,34)41-44(35,36)40-42(30,31)32/h4-7,9,15-18,26H,8,10-11H2,1-3H3,(H,33,34)(H,35,36)(H2,22,23,27)(H2,30,31,32)/t15-,16+,17+,18-/m0/s1. The highest BCUT2D eigenvalue weighted by atomic mass is 31.3. The number of benzene rings is 1. The molecule has 0 radical (unpaired) electrons. The highest BCUT2D eigenvalue weighted by Crippen LogP contribution is 2.66. The number of para-hydroxylation sites is 1. The molecule has 1 aromatic carbocycles.